The van der Waals surface area contributed by atoms with Gasteiger partial charge in [-0.3, -0.25) is 4.68 Å². The van der Waals surface area contributed by atoms with Crippen LogP contribution in [0.3, 0.4) is 0 Å². The SMILES string of the molecule is CNC(Cc1cnn(C)c1)c1ccc(C)o1. The predicted molar refractivity (Wildman–Crippen MR) is 62.2 cm³/mol. The minimum absolute atomic E-state index is 0.206. The quantitative estimate of drug-likeness (QED) is 0.853. The normalized spacial score (nSPS) is 12.9. The van der Waals surface area contributed by atoms with Crippen molar-refractivity contribution in [2.75, 3.05) is 7.05 Å². The van der Waals surface area contributed by atoms with Crippen molar-refractivity contribution < 1.29 is 4.42 Å². The molecular formula is C12H17N3O. The molecule has 16 heavy (non-hydrogen) atoms. The van der Waals surface area contributed by atoms with Gasteiger partial charge in [-0.1, -0.05) is 0 Å². The highest BCUT2D eigenvalue weighted by molar-refractivity contribution is 5.14. The van der Waals surface area contributed by atoms with Gasteiger partial charge in [-0.25, -0.2) is 0 Å². The van der Waals surface area contributed by atoms with Gasteiger partial charge in [0.25, 0.3) is 0 Å². The van der Waals surface area contributed by atoms with Gasteiger partial charge in [0.05, 0.1) is 12.2 Å². The second kappa shape index (κ2) is 4.53. The predicted octanol–water partition coefficient (Wildman–Crippen LogP) is 1.82. The second-order valence-electron chi connectivity index (χ2n) is 4.02. The fourth-order valence-corrected chi connectivity index (χ4v) is 1.80. The molecule has 0 aliphatic carbocycles. The van der Waals surface area contributed by atoms with Crippen LogP contribution in [-0.4, -0.2) is 16.8 Å². The first-order valence-corrected chi connectivity index (χ1v) is 5.40. The summed E-state index contributed by atoms with van der Waals surface area (Å²) in [7, 11) is 3.87. The molecule has 86 valence electrons. The fourth-order valence-electron chi connectivity index (χ4n) is 1.80. The zero-order valence-electron chi connectivity index (χ0n) is 9.90. The van der Waals surface area contributed by atoms with Crippen LogP contribution >= 0.6 is 0 Å². The Labute approximate surface area is 95.3 Å². The number of nitrogens with zero attached hydrogens (tertiary/aromatic N) is 2. The zero-order valence-corrected chi connectivity index (χ0v) is 9.90. The van der Waals surface area contributed by atoms with Gasteiger partial charge in [-0.05, 0) is 38.1 Å². The summed E-state index contributed by atoms with van der Waals surface area (Å²) in [6.45, 7) is 1.96. The van der Waals surface area contributed by atoms with Crippen LogP contribution in [0.15, 0.2) is 28.9 Å². The van der Waals surface area contributed by atoms with Crippen molar-refractivity contribution in [1.82, 2.24) is 15.1 Å². The van der Waals surface area contributed by atoms with Gasteiger partial charge in [0.2, 0.25) is 0 Å². The lowest BCUT2D eigenvalue weighted by Crippen LogP contribution is -2.18. The highest BCUT2D eigenvalue weighted by Gasteiger charge is 2.14. The summed E-state index contributed by atoms with van der Waals surface area (Å²) >= 11 is 0. The lowest BCUT2D eigenvalue weighted by molar-refractivity contribution is 0.414. The number of hydrogen-bond acceptors (Lipinski definition) is 3. The molecule has 4 nitrogen and oxygen atoms in total. The van der Waals surface area contributed by atoms with Crippen LogP contribution in [0.5, 0.6) is 0 Å². The molecule has 0 aliphatic heterocycles. The standard InChI is InChI=1S/C12H17N3O/c1-9-4-5-12(16-9)11(13-2)6-10-7-14-15(3)8-10/h4-5,7-8,11,13H,6H2,1-3H3. The molecule has 2 aromatic heterocycles. The highest BCUT2D eigenvalue weighted by atomic mass is 16.3. The molecule has 0 radical (unpaired) electrons. The van der Waals surface area contributed by atoms with Gasteiger partial charge in [0.1, 0.15) is 11.5 Å². The lowest BCUT2D eigenvalue weighted by Gasteiger charge is -2.12. The van der Waals surface area contributed by atoms with E-state index < -0.39 is 0 Å². The number of aryl methyl sites for hydroxylation is 2. The lowest BCUT2D eigenvalue weighted by atomic mass is 10.1. The summed E-state index contributed by atoms with van der Waals surface area (Å²) in [6, 6.07) is 4.22. The van der Waals surface area contributed by atoms with Crippen molar-refractivity contribution in [2.24, 2.45) is 7.05 Å². The van der Waals surface area contributed by atoms with Gasteiger partial charge in [0.15, 0.2) is 0 Å². The monoisotopic (exact) mass is 219 g/mol. The molecule has 0 bridgehead atoms. The van der Waals surface area contributed by atoms with Crippen LogP contribution in [0.25, 0.3) is 0 Å². The van der Waals surface area contributed by atoms with E-state index in [0.717, 1.165) is 17.9 Å². The molecule has 0 aliphatic rings. The van der Waals surface area contributed by atoms with Crippen LogP contribution in [0, 0.1) is 6.92 Å². The zero-order chi connectivity index (χ0) is 11.5. The van der Waals surface area contributed by atoms with E-state index in [1.54, 1.807) is 0 Å². The van der Waals surface area contributed by atoms with Crippen LogP contribution in [0.2, 0.25) is 0 Å². The Morgan fingerprint density at radius 2 is 2.31 bits per heavy atom. The largest absolute Gasteiger partial charge is 0.465 e. The van der Waals surface area contributed by atoms with Gasteiger partial charge in [-0.2, -0.15) is 5.10 Å². The summed E-state index contributed by atoms with van der Waals surface area (Å²) in [6.07, 6.45) is 4.80. The van der Waals surface area contributed by atoms with E-state index in [2.05, 4.69) is 10.4 Å². The first-order valence-electron chi connectivity index (χ1n) is 5.40. The first kappa shape index (κ1) is 11.0. The minimum Gasteiger partial charge on any atom is -0.465 e. The van der Waals surface area contributed by atoms with Crippen molar-refractivity contribution in [3.63, 3.8) is 0 Å². The number of likely N-dealkylation sites (N-methyl/N-ethyl adjacent to an activating group) is 1. The van der Waals surface area contributed by atoms with Gasteiger partial charge >= 0.3 is 0 Å². The van der Waals surface area contributed by atoms with E-state index in [1.807, 2.05) is 50.2 Å². The third-order valence-corrected chi connectivity index (χ3v) is 2.65. The molecule has 0 aromatic carbocycles. The smallest absolute Gasteiger partial charge is 0.121 e. The van der Waals surface area contributed by atoms with Crippen molar-refractivity contribution in [3.8, 4) is 0 Å². The molecule has 0 saturated carbocycles. The number of rotatable bonds is 4. The van der Waals surface area contributed by atoms with Gasteiger partial charge in [0, 0.05) is 13.2 Å². The average molecular weight is 219 g/mol. The summed E-state index contributed by atoms with van der Waals surface area (Å²) in [4.78, 5) is 0. The van der Waals surface area contributed by atoms with Crippen molar-refractivity contribution in [2.45, 2.75) is 19.4 Å². The molecule has 0 amide bonds. The number of hydrogen-bond donors (Lipinski definition) is 1. The van der Waals surface area contributed by atoms with Crippen molar-refractivity contribution >= 4 is 0 Å². The summed E-state index contributed by atoms with van der Waals surface area (Å²) in [5.41, 5.74) is 1.20. The molecule has 4 heteroatoms. The average Bonchev–Trinajstić information content (AvgIpc) is 2.84. The van der Waals surface area contributed by atoms with Crippen LogP contribution in [0.1, 0.15) is 23.1 Å². The Morgan fingerprint density at radius 3 is 2.81 bits per heavy atom. The molecular weight excluding hydrogens is 202 g/mol. The van der Waals surface area contributed by atoms with Crippen LogP contribution < -0.4 is 5.32 Å². The second-order valence-corrected chi connectivity index (χ2v) is 4.02. The Balaban J connectivity index is 2.12. The Morgan fingerprint density at radius 1 is 1.50 bits per heavy atom. The Hall–Kier alpha value is -1.55. The minimum atomic E-state index is 0.206. The van der Waals surface area contributed by atoms with E-state index >= 15 is 0 Å². The summed E-state index contributed by atoms with van der Waals surface area (Å²) in [5, 5.41) is 7.42. The number of aromatic nitrogens is 2. The van der Waals surface area contributed by atoms with E-state index in [-0.39, 0.29) is 6.04 Å². The van der Waals surface area contributed by atoms with Crippen LogP contribution in [-0.2, 0) is 13.5 Å². The van der Waals surface area contributed by atoms with E-state index in [4.69, 9.17) is 4.42 Å². The fraction of sp³-hybridized carbons (Fsp3) is 0.417. The maximum Gasteiger partial charge on any atom is 0.121 e. The number of furan rings is 1. The number of nitrogens with one attached hydrogen (secondary N) is 1. The topological polar surface area (TPSA) is 43.0 Å². The molecule has 1 N–H and O–H groups in total. The maximum absolute atomic E-state index is 5.63. The summed E-state index contributed by atoms with van der Waals surface area (Å²) in [5.74, 6) is 1.92. The van der Waals surface area contributed by atoms with E-state index in [1.165, 1.54) is 5.56 Å². The van der Waals surface area contributed by atoms with Gasteiger partial charge < -0.3 is 9.73 Å². The first-order chi connectivity index (χ1) is 7.69. The molecule has 0 fully saturated rings. The molecule has 1 atom stereocenters. The van der Waals surface area contributed by atoms with Gasteiger partial charge in [-0.15, -0.1) is 0 Å². The molecule has 0 spiro atoms. The Kier molecular flexibility index (Phi) is 3.10. The maximum atomic E-state index is 5.63. The molecule has 2 aromatic rings. The van der Waals surface area contributed by atoms with E-state index in [9.17, 15) is 0 Å². The molecule has 2 heterocycles. The summed E-state index contributed by atoms with van der Waals surface area (Å²) < 4.78 is 7.44. The van der Waals surface area contributed by atoms with E-state index in [0.29, 0.717) is 0 Å². The van der Waals surface area contributed by atoms with Crippen molar-refractivity contribution in [1.29, 1.82) is 0 Å². The van der Waals surface area contributed by atoms with Crippen molar-refractivity contribution in [3.05, 3.63) is 41.6 Å². The Bertz CT molecular complexity index is 458. The molecule has 1 unspecified atom stereocenters. The van der Waals surface area contributed by atoms with Crippen LogP contribution in [0.4, 0.5) is 0 Å². The molecule has 2 rings (SSSR count). The molecule has 0 saturated heterocycles. The highest BCUT2D eigenvalue weighted by Crippen LogP contribution is 2.19. The third kappa shape index (κ3) is 2.33. The third-order valence-electron chi connectivity index (χ3n) is 2.65.